The molecule has 0 radical (unpaired) electrons. The van der Waals surface area contributed by atoms with Gasteiger partial charge in [-0.15, -0.1) is 6.58 Å². The lowest BCUT2D eigenvalue weighted by atomic mass is 10.1. The Bertz CT molecular complexity index is 632. The first-order valence-electron chi connectivity index (χ1n) is 7.33. The summed E-state index contributed by atoms with van der Waals surface area (Å²) in [5.41, 5.74) is 0. The fourth-order valence-electron chi connectivity index (χ4n) is 2.62. The van der Waals surface area contributed by atoms with Crippen LogP contribution in [0.25, 0.3) is 0 Å². The molecule has 120 valence electrons. The van der Waals surface area contributed by atoms with Crippen LogP contribution >= 0.6 is 0 Å². The van der Waals surface area contributed by atoms with Gasteiger partial charge >= 0.3 is 0 Å². The molecule has 1 fully saturated rings. The van der Waals surface area contributed by atoms with Gasteiger partial charge in [0.15, 0.2) is 9.84 Å². The Labute approximate surface area is 130 Å². The molecule has 0 N–H and O–H groups in total. The smallest absolute Gasteiger partial charge is 0.222 e. The first-order chi connectivity index (χ1) is 10.4. The molecule has 0 aliphatic carbocycles. The molecule has 1 aromatic carbocycles. The summed E-state index contributed by atoms with van der Waals surface area (Å²) in [6.07, 6.45) is 3.58. The molecule has 0 unspecified atom stereocenters. The van der Waals surface area contributed by atoms with Crippen molar-refractivity contribution in [3.8, 4) is 0 Å². The number of hydrogen-bond donors (Lipinski definition) is 0. The molecule has 1 saturated heterocycles. The van der Waals surface area contributed by atoms with E-state index in [1.54, 1.807) is 11.0 Å². The van der Waals surface area contributed by atoms with Crippen LogP contribution in [0.5, 0.6) is 0 Å². The summed E-state index contributed by atoms with van der Waals surface area (Å²) in [6, 6.07) is 4.90. The number of halogens is 1. The van der Waals surface area contributed by atoms with E-state index < -0.39 is 20.9 Å². The molecule has 1 aliphatic heterocycles. The summed E-state index contributed by atoms with van der Waals surface area (Å²) in [7, 11) is -3.47. The fourth-order valence-corrected chi connectivity index (χ4v) is 4.35. The zero-order valence-electron chi connectivity index (χ0n) is 12.4. The molecular formula is C16H20FNO3S. The Morgan fingerprint density at radius 3 is 2.41 bits per heavy atom. The molecule has 1 amide bonds. The number of amides is 1. The van der Waals surface area contributed by atoms with Gasteiger partial charge in [-0.25, -0.2) is 12.8 Å². The number of hydrogen-bond acceptors (Lipinski definition) is 3. The second-order valence-corrected chi connectivity index (χ2v) is 7.63. The maximum absolute atomic E-state index is 12.9. The van der Waals surface area contributed by atoms with Crippen LogP contribution in [0.15, 0.2) is 41.8 Å². The van der Waals surface area contributed by atoms with Crippen LogP contribution in [0.3, 0.4) is 0 Å². The summed E-state index contributed by atoms with van der Waals surface area (Å²) >= 11 is 0. The Balaban J connectivity index is 2.00. The van der Waals surface area contributed by atoms with E-state index in [9.17, 15) is 17.6 Å². The highest BCUT2D eigenvalue weighted by atomic mass is 32.2. The minimum absolute atomic E-state index is 0.0394. The van der Waals surface area contributed by atoms with Crippen LogP contribution < -0.4 is 0 Å². The molecule has 0 bridgehead atoms. The average molecular weight is 325 g/mol. The van der Waals surface area contributed by atoms with Crippen LogP contribution in [0, 0.1) is 5.82 Å². The summed E-state index contributed by atoms with van der Waals surface area (Å²) in [5.74, 6) is -0.417. The van der Waals surface area contributed by atoms with Crippen molar-refractivity contribution in [2.24, 2.45) is 0 Å². The highest BCUT2D eigenvalue weighted by molar-refractivity contribution is 7.92. The minimum atomic E-state index is -3.47. The number of allylic oxidation sites excluding steroid dienone is 1. The number of benzene rings is 1. The summed E-state index contributed by atoms with van der Waals surface area (Å²) in [4.78, 5) is 13.8. The third-order valence-corrected chi connectivity index (χ3v) is 6.22. The zero-order valence-corrected chi connectivity index (χ0v) is 13.2. The van der Waals surface area contributed by atoms with E-state index in [0.717, 1.165) is 12.1 Å². The predicted molar refractivity (Wildman–Crippen MR) is 82.6 cm³/mol. The molecule has 1 aliphatic rings. The number of carbonyl (C=O) groups is 1. The molecule has 22 heavy (non-hydrogen) atoms. The fraction of sp³-hybridized carbons (Fsp3) is 0.438. The van der Waals surface area contributed by atoms with Crippen molar-refractivity contribution in [2.75, 3.05) is 13.1 Å². The number of piperidine rings is 1. The summed E-state index contributed by atoms with van der Waals surface area (Å²) in [5, 5.41) is -0.513. The third kappa shape index (κ3) is 3.74. The van der Waals surface area contributed by atoms with Gasteiger partial charge in [-0.05, 0) is 43.5 Å². The van der Waals surface area contributed by atoms with Crippen LogP contribution in [0.4, 0.5) is 4.39 Å². The van der Waals surface area contributed by atoms with Gasteiger partial charge in [-0.3, -0.25) is 4.79 Å². The lowest BCUT2D eigenvalue weighted by Crippen LogP contribution is -2.42. The summed E-state index contributed by atoms with van der Waals surface area (Å²) < 4.78 is 37.9. The molecular weight excluding hydrogens is 305 g/mol. The van der Waals surface area contributed by atoms with Crippen molar-refractivity contribution in [1.29, 1.82) is 0 Å². The largest absolute Gasteiger partial charge is 0.343 e. The van der Waals surface area contributed by atoms with Gasteiger partial charge in [-0.1, -0.05) is 6.08 Å². The number of sulfone groups is 1. The van der Waals surface area contributed by atoms with E-state index in [1.165, 1.54) is 12.1 Å². The lowest BCUT2D eigenvalue weighted by Gasteiger charge is -2.31. The Morgan fingerprint density at radius 2 is 1.86 bits per heavy atom. The SMILES string of the molecule is C=CCCC(=O)N1CCC(S(=O)(=O)c2ccc(F)cc2)CC1. The quantitative estimate of drug-likeness (QED) is 0.617. The van der Waals surface area contributed by atoms with Crippen LogP contribution in [0.2, 0.25) is 0 Å². The zero-order chi connectivity index (χ0) is 16.2. The first kappa shape index (κ1) is 16.7. The van der Waals surface area contributed by atoms with Crippen molar-refractivity contribution in [2.45, 2.75) is 35.8 Å². The lowest BCUT2D eigenvalue weighted by molar-refractivity contribution is -0.131. The van der Waals surface area contributed by atoms with Crippen LogP contribution in [-0.4, -0.2) is 37.6 Å². The predicted octanol–water partition coefficient (Wildman–Crippen LogP) is 2.56. The highest BCUT2D eigenvalue weighted by Gasteiger charge is 2.32. The maximum atomic E-state index is 12.9. The molecule has 0 atom stereocenters. The number of nitrogens with zero attached hydrogens (tertiary/aromatic N) is 1. The normalized spacial score (nSPS) is 16.5. The van der Waals surface area contributed by atoms with E-state index in [2.05, 4.69) is 6.58 Å². The molecule has 0 aromatic heterocycles. The molecule has 0 spiro atoms. The van der Waals surface area contributed by atoms with E-state index >= 15 is 0 Å². The van der Waals surface area contributed by atoms with Gasteiger partial charge in [0, 0.05) is 19.5 Å². The number of carbonyl (C=O) groups excluding carboxylic acids is 1. The molecule has 1 heterocycles. The maximum Gasteiger partial charge on any atom is 0.222 e. The standard InChI is InChI=1S/C16H20FNO3S/c1-2-3-4-16(19)18-11-9-15(10-12-18)22(20,21)14-7-5-13(17)6-8-14/h2,5-8,15H,1,3-4,9-12H2. The molecule has 6 heteroatoms. The van der Waals surface area contributed by atoms with Crippen LogP contribution in [-0.2, 0) is 14.6 Å². The van der Waals surface area contributed by atoms with Crippen molar-refractivity contribution in [3.63, 3.8) is 0 Å². The highest BCUT2D eigenvalue weighted by Crippen LogP contribution is 2.25. The topological polar surface area (TPSA) is 54.5 Å². The van der Waals surface area contributed by atoms with Crippen molar-refractivity contribution < 1.29 is 17.6 Å². The summed E-state index contributed by atoms with van der Waals surface area (Å²) in [6.45, 7) is 4.48. The van der Waals surface area contributed by atoms with Crippen molar-refractivity contribution >= 4 is 15.7 Å². The Morgan fingerprint density at radius 1 is 1.27 bits per heavy atom. The molecule has 0 saturated carbocycles. The second-order valence-electron chi connectivity index (χ2n) is 5.41. The number of rotatable bonds is 5. The average Bonchev–Trinajstić information content (AvgIpc) is 2.53. The van der Waals surface area contributed by atoms with E-state index in [0.29, 0.717) is 38.8 Å². The second kappa shape index (κ2) is 7.05. The van der Waals surface area contributed by atoms with Gasteiger partial charge in [0.25, 0.3) is 0 Å². The van der Waals surface area contributed by atoms with E-state index in [4.69, 9.17) is 0 Å². The van der Waals surface area contributed by atoms with E-state index in [1.807, 2.05) is 0 Å². The van der Waals surface area contributed by atoms with Gasteiger partial charge < -0.3 is 4.90 Å². The van der Waals surface area contributed by atoms with Gasteiger partial charge in [0.05, 0.1) is 10.1 Å². The van der Waals surface area contributed by atoms with Gasteiger partial charge in [0.1, 0.15) is 5.82 Å². The van der Waals surface area contributed by atoms with Crippen molar-refractivity contribution in [1.82, 2.24) is 4.90 Å². The molecule has 1 aromatic rings. The number of likely N-dealkylation sites (tertiary alicyclic amines) is 1. The van der Waals surface area contributed by atoms with E-state index in [-0.39, 0.29) is 10.8 Å². The van der Waals surface area contributed by atoms with Crippen molar-refractivity contribution in [3.05, 3.63) is 42.7 Å². The van der Waals surface area contributed by atoms with Crippen LogP contribution in [0.1, 0.15) is 25.7 Å². The van der Waals surface area contributed by atoms with Gasteiger partial charge in [0.2, 0.25) is 5.91 Å². The Kier molecular flexibility index (Phi) is 5.34. The van der Waals surface area contributed by atoms with Gasteiger partial charge in [-0.2, -0.15) is 0 Å². The molecule has 4 nitrogen and oxygen atoms in total. The Hall–Kier alpha value is -1.69. The minimum Gasteiger partial charge on any atom is -0.343 e. The first-order valence-corrected chi connectivity index (χ1v) is 8.88. The monoisotopic (exact) mass is 325 g/mol. The molecule has 2 rings (SSSR count). The third-order valence-electron chi connectivity index (χ3n) is 3.94.